The minimum atomic E-state index is -0.535. The van der Waals surface area contributed by atoms with E-state index in [1.54, 1.807) is 0 Å². The second-order valence-electron chi connectivity index (χ2n) is 11.3. The zero-order valence-corrected chi connectivity index (χ0v) is 23.4. The number of carbonyl (C=O) groups is 2. The van der Waals surface area contributed by atoms with Crippen LogP contribution in [0.25, 0.3) is 0 Å². The van der Waals surface area contributed by atoms with E-state index in [0.29, 0.717) is 51.6 Å². The van der Waals surface area contributed by atoms with Gasteiger partial charge in [0.05, 0.1) is 26.3 Å². The van der Waals surface area contributed by atoms with Gasteiger partial charge in [0, 0.05) is 56.5 Å². The zero-order valence-electron chi connectivity index (χ0n) is 23.4. The molecule has 212 valence electrons. The summed E-state index contributed by atoms with van der Waals surface area (Å²) in [5, 5.41) is 5.97. The monoisotopic (exact) mass is 538 g/mol. The van der Waals surface area contributed by atoms with Gasteiger partial charge in [-0.1, -0.05) is 30.8 Å². The summed E-state index contributed by atoms with van der Waals surface area (Å²) in [4.78, 5) is 38.3. The van der Waals surface area contributed by atoms with Gasteiger partial charge in [0.15, 0.2) is 0 Å². The van der Waals surface area contributed by atoms with Crippen LogP contribution in [-0.4, -0.2) is 92.1 Å². The summed E-state index contributed by atoms with van der Waals surface area (Å²) >= 11 is 0. The van der Waals surface area contributed by atoms with Crippen molar-refractivity contribution in [1.82, 2.24) is 20.4 Å². The number of rotatable bonds is 7. The fourth-order valence-corrected chi connectivity index (χ4v) is 4.88. The number of nitrogens with zero attached hydrogens (tertiary/aromatic N) is 4. The summed E-state index contributed by atoms with van der Waals surface area (Å²) < 4.78 is 10.6. The molecule has 3 aliphatic rings. The van der Waals surface area contributed by atoms with Crippen LogP contribution in [-0.2, 0) is 20.8 Å². The average Bonchev–Trinajstić information content (AvgIpc) is 2.94. The molecule has 2 amide bonds. The lowest BCUT2D eigenvalue weighted by Crippen LogP contribution is -2.47. The number of aliphatic imine (C=N–C) groups is 2. The molecule has 1 atom stereocenters. The van der Waals surface area contributed by atoms with Crippen molar-refractivity contribution in [2.75, 3.05) is 52.5 Å². The van der Waals surface area contributed by atoms with Crippen LogP contribution in [0, 0.1) is 5.92 Å². The molecule has 2 N–H and O–H groups in total. The molecule has 2 fully saturated rings. The predicted octanol–water partition coefficient (Wildman–Crippen LogP) is 2.91. The van der Waals surface area contributed by atoms with Gasteiger partial charge in [0.1, 0.15) is 5.60 Å². The molecule has 0 aliphatic carbocycles. The molecular formula is C29H42N6O4. The first-order valence-electron chi connectivity index (χ1n) is 13.9. The molecular weight excluding hydrogens is 496 g/mol. The number of amides is 2. The van der Waals surface area contributed by atoms with Crippen molar-refractivity contribution >= 4 is 24.2 Å². The molecule has 39 heavy (non-hydrogen) atoms. The van der Waals surface area contributed by atoms with E-state index < -0.39 is 11.7 Å². The highest BCUT2D eigenvalue weighted by Crippen LogP contribution is 2.23. The Balaban J connectivity index is 1.21. The van der Waals surface area contributed by atoms with Crippen LogP contribution in [0.1, 0.15) is 50.7 Å². The van der Waals surface area contributed by atoms with Gasteiger partial charge >= 0.3 is 6.09 Å². The van der Waals surface area contributed by atoms with E-state index in [4.69, 9.17) is 19.5 Å². The molecule has 1 aromatic carbocycles. The highest BCUT2D eigenvalue weighted by Gasteiger charge is 2.31. The van der Waals surface area contributed by atoms with E-state index in [0.717, 1.165) is 43.0 Å². The number of benzene rings is 1. The van der Waals surface area contributed by atoms with E-state index in [9.17, 15) is 9.59 Å². The lowest BCUT2D eigenvalue weighted by molar-refractivity contribution is -0.140. The number of alkyl carbamates (subject to hydrolysis) is 1. The van der Waals surface area contributed by atoms with Crippen LogP contribution in [0.2, 0.25) is 0 Å². The lowest BCUT2D eigenvalue weighted by atomic mass is 9.95. The molecule has 3 aliphatic heterocycles. The Bertz CT molecular complexity index is 1080. The Labute approximate surface area is 231 Å². The summed E-state index contributed by atoms with van der Waals surface area (Å²) in [6.45, 7) is 15.3. The van der Waals surface area contributed by atoms with Crippen molar-refractivity contribution in [3.63, 3.8) is 0 Å². The van der Waals surface area contributed by atoms with Gasteiger partial charge in [-0.15, -0.1) is 0 Å². The quantitative estimate of drug-likeness (QED) is 0.553. The third-order valence-electron chi connectivity index (χ3n) is 7.02. The second-order valence-corrected chi connectivity index (χ2v) is 11.3. The number of piperidine rings is 1. The van der Waals surface area contributed by atoms with Crippen molar-refractivity contribution in [3.05, 3.63) is 47.7 Å². The minimum absolute atomic E-state index is 0.0841. The summed E-state index contributed by atoms with van der Waals surface area (Å²) in [6.07, 6.45) is 3.20. The van der Waals surface area contributed by atoms with Gasteiger partial charge in [0.25, 0.3) is 0 Å². The number of hydrogen-bond acceptors (Lipinski definition) is 8. The van der Waals surface area contributed by atoms with Crippen LogP contribution in [0.15, 0.2) is 46.5 Å². The number of guanidine groups is 1. The highest BCUT2D eigenvalue weighted by molar-refractivity contribution is 5.92. The normalized spacial score (nSPS) is 20.3. The molecule has 10 nitrogen and oxygen atoms in total. The first-order valence-corrected chi connectivity index (χ1v) is 13.9. The number of ether oxygens (including phenoxy) is 2. The Morgan fingerprint density at radius 3 is 2.54 bits per heavy atom. The largest absolute Gasteiger partial charge is 0.444 e. The van der Waals surface area contributed by atoms with Crippen LogP contribution in [0.4, 0.5) is 4.79 Å². The molecule has 0 saturated carbocycles. The maximum absolute atomic E-state index is 12.8. The molecule has 0 radical (unpaired) electrons. The lowest BCUT2D eigenvalue weighted by Gasteiger charge is -2.36. The topological polar surface area (TPSA) is 108 Å². The van der Waals surface area contributed by atoms with Gasteiger partial charge in [0.2, 0.25) is 11.9 Å². The number of hydrogen-bond donors (Lipinski definition) is 2. The van der Waals surface area contributed by atoms with Crippen molar-refractivity contribution in [3.8, 4) is 0 Å². The van der Waals surface area contributed by atoms with Crippen LogP contribution >= 0.6 is 0 Å². The molecule has 0 spiro atoms. The minimum Gasteiger partial charge on any atom is -0.444 e. The molecule has 2 saturated heterocycles. The van der Waals surface area contributed by atoms with E-state index in [1.807, 2.05) is 38.0 Å². The Hall–Kier alpha value is -3.40. The molecule has 4 rings (SSSR count). The van der Waals surface area contributed by atoms with Gasteiger partial charge in [-0.05, 0) is 44.7 Å². The predicted molar refractivity (Wildman–Crippen MR) is 152 cm³/mol. The molecule has 3 heterocycles. The van der Waals surface area contributed by atoms with Gasteiger partial charge in [-0.25, -0.2) is 9.79 Å². The summed E-state index contributed by atoms with van der Waals surface area (Å²) in [7, 11) is 0. The Morgan fingerprint density at radius 2 is 1.87 bits per heavy atom. The molecule has 1 unspecified atom stereocenters. The fourth-order valence-electron chi connectivity index (χ4n) is 4.88. The van der Waals surface area contributed by atoms with Crippen molar-refractivity contribution in [2.24, 2.45) is 15.9 Å². The van der Waals surface area contributed by atoms with Gasteiger partial charge in [-0.2, -0.15) is 0 Å². The third-order valence-corrected chi connectivity index (χ3v) is 7.02. The number of nitrogens with one attached hydrogen (secondary N) is 2. The van der Waals surface area contributed by atoms with E-state index in [1.165, 1.54) is 0 Å². The van der Waals surface area contributed by atoms with Crippen LogP contribution < -0.4 is 10.6 Å². The maximum atomic E-state index is 12.8. The summed E-state index contributed by atoms with van der Waals surface area (Å²) in [6, 6.07) is 8.35. The third kappa shape index (κ3) is 8.54. The van der Waals surface area contributed by atoms with E-state index in [2.05, 4.69) is 40.3 Å². The molecule has 1 aromatic rings. The van der Waals surface area contributed by atoms with Gasteiger partial charge in [-0.3, -0.25) is 9.79 Å². The molecule has 0 bridgehead atoms. The Morgan fingerprint density at radius 1 is 1.13 bits per heavy atom. The molecule has 0 aromatic heterocycles. The summed E-state index contributed by atoms with van der Waals surface area (Å²) in [5.41, 5.74) is 2.44. The SMILES string of the molecule is C=C(CNC(=O)OC(C)(C)C)NCc1cccc(C2C=NC(N3CCC(C(=O)N4CCOCC4)CC3)=NC2)c1. The standard InChI is InChI=1S/C29H42N6O4/c1-21(17-33-28(37)39-29(2,3)4)30-18-22-6-5-7-24(16-22)25-19-31-27(32-20-25)35-10-8-23(9-11-35)26(36)34-12-14-38-15-13-34/h5-7,16,19,23,25,30H,1,8-15,17-18,20H2,2-4H3,(H,33,37). The number of morpholine rings is 1. The maximum Gasteiger partial charge on any atom is 0.407 e. The van der Waals surface area contributed by atoms with Crippen molar-refractivity contribution in [2.45, 2.75) is 51.7 Å². The van der Waals surface area contributed by atoms with E-state index in [-0.39, 0.29) is 17.7 Å². The first kappa shape index (κ1) is 28.6. The zero-order chi connectivity index (χ0) is 27.8. The number of carbonyl (C=O) groups excluding carboxylic acids is 2. The average molecular weight is 539 g/mol. The highest BCUT2D eigenvalue weighted by atomic mass is 16.6. The molecule has 10 heteroatoms. The van der Waals surface area contributed by atoms with Crippen LogP contribution in [0.3, 0.4) is 0 Å². The second kappa shape index (κ2) is 13.1. The van der Waals surface area contributed by atoms with Crippen molar-refractivity contribution in [1.29, 1.82) is 0 Å². The Kier molecular flexibility index (Phi) is 9.61. The smallest absolute Gasteiger partial charge is 0.407 e. The first-order chi connectivity index (χ1) is 18.7. The van der Waals surface area contributed by atoms with Gasteiger partial charge < -0.3 is 29.9 Å². The fraction of sp³-hybridized carbons (Fsp3) is 0.586. The van der Waals surface area contributed by atoms with E-state index >= 15 is 0 Å². The number of likely N-dealkylation sites (tertiary alicyclic amines) is 1. The summed E-state index contributed by atoms with van der Waals surface area (Å²) in [5.74, 6) is 1.24. The van der Waals surface area contributed by atoms with Crippen LogP contribution in [0.5, 0.6) is 0 Å². The van der Waals surface area contributed by atoms with Crippen molar-refractivity contribution < 1.29 is 19.1 Å².